The molecule has 2 rings (SSSR count). The van der Waals surface area contributed by atoms with Gasteiger partial charge in [-0.2, -0.15) is 0 Å². The molecule has 1 aliphatic rings. The minimum atomic E-state index is -0.676. The summed E-state index contributed by atoms with van der Waals surface area (Å²) in [6.45, 7) is 2.20. The number of benzene rings is 1. The maximum Gasteiger partial charge on any atom is 0.408 e. The Bertz CT molecular complexity index is 363. The Morgan fingerprint density at radius 2 is 2.07 bits per heavy atom. The SMILES string of the molecule is CC1(c2ccc(F)cc2)CNC(=O)O1. The fourth-order valence-corrected chi connectivity index (χ4v) is 1.48. The minimum absolute atomic E-state index is 0.297. The van der Waals surface area contributed by atoms with E-state index in [0.717, 1.165) is 5.56 Å². The van der Waals surface area contributed by atoms with Crippen LogP contribution in [0.5, 0.6) is 0 Å². The molecule has 1 N–H and O–H groups in total. The maximum atomic E-state index is 12.7. The van der Waals surface area contributed by atoms with Crippen molar-refractivity contribution in [3.63, 3.8) is 0 Å². The molecule has 1 atom stereocenters. The molecule has 1 saturated heterocycles. The van der Waals surface area contributed by atoms with Crippen molar-refractivity contribution in [2.75, 3.05) is 6.54 Å². The number of hydrogen-bond donors (Lipinski definition) is 1. The van der Waals surface area contributed by atoms with Gasteiger partial charge in [0.05, 0.1) is 6.54 Å². The van der Waals surface area contributed by atoms with E-state index in [0.29, 0.717) is 6.54 Å². The summed E-state index contributed by atoms with van der Waals surface area (Å²) in [5, 5.41) is 2.57. The van der Waals surface area contributed by atoms with Gasteiger partial charge in [-0.05, 0) is 24.6 Å². The number of carbonyl (C=O) groups is 1. The number of halogens is 1. The largest absolute Gasteiger partial charge is 0.436 e. The van der Waals surface area contributed by atoms with Crippen LogP contribution < -0.4 is 5.32 Å². The number of rotatable bonds is 1. The molecule has 1 aromatic carbocycles. The third-order valence-electron chi connectivity index (χ3n) is 2.34. The number of amides is 1. The van der Waals surface area contributed by atoms with E-state index in [1.807, 2.05) is 0 Å². The molecule has 1 amide bonds. The van der Waals surface area contributed by atoms with E-state index < -0.39 is 11.7 Å². The topological polar surface area (TPSA) is 38.3 Å². The summed E-state index contributed by atoms with van der Waals surface area (Å²) < 4.78 is 17.8. The molecule has 0 bridgehead atoms. The quantitative estimate of drug-likeness (QED) is 0.741. The van der Waals surface area contributed by atoms with E-state index in [4.69, 9.17) is 4.74 Å². The molecule has 1 aromatic rings. The second-order valence-corrected chi connectivity index (χ2v) is 3.48. The summed E-state index contributed by atoms with van der Waals surface area (Å²) in [6.07, 6.45) is -0.433. The van der Waals surface area contributed by atoms with E-state index in [1.54, 1.807) is 19.1 Å². The third-order valence-corrected chi connectivity index (χ3v) is 2.34. The van der Waals surface area contributed by atoms with E-state index >= 15 is 0 Å². The fraction of sp³-hybridized carbons (Fsp3) is 0.300. The lowest BCUT2D eigenvalue weighted by molar-refractivity contribution is 0.0704. The van der Waals surface area contributed by atoms with Crippen LogP contribution >= 0.6 is 0 Å². The molecule has 0 radical (unpaired) electrons. The Balaban J connectivity index is 2.30. The second-order valence-electron chi connectivity index (χ2n) is 3.48. The lowest BCUT2D eigenvalue weighted by atomic mass is 9.96. The van der Waals surface area contributed by atoms with Gasteiger partial charge in [0, 0.05) is 0 Å². The average molecular weight is 195 g/mol. The van der Waals surface area contributed by atoms with E-state index in [1.165, 1.54) is 12.1 Å². The molecule has 1 fully saturated rings. The highest BCUT2D eigenvalue weighted by Gasteiger charge is 2.37. The van der Waals surface area contributed by atoms with Gasteiger partial charge >= 0.3 is 6.09 Å². The number of ether oxygens (including phenoxy) is 1. The summed E-state index contributed by atoms with van der Waals surface area (Å²) >= 11 is 0. The van der Waals surface area contributed by atoms with Crippen molar-refractivity contribution in [1.29, 1.82) is 0 Å². The van der Waals surface area contributed by atoms with Crippen molar-refractivity contribution < 1.29 is 13.9 Å². The molecule has 4 heteroatoms. The molecule has 0 saturated carbocycles. The Morgan fingerprint density at radius 3 is 2.57 bits per heavy atom. The molecule has 74 valence electrons. The molecule has 0 aliphatic carbocycles. The monoisotopic (exact) mass is 195 g/mol. The van der Waals surface area contributed by atoms with Crippen molar-refractivity contribution >= 4 is 6.09 Å². The van der Waals surface area contributed by atoms with Crippen LogP contribution in [0.3, 0.4) is 0 Å². The summed E-state index contributed by atoms with van der Waals surface area (Å²) in [5.74, 6) is -0.297. The van der Waals surface area contributed by atoms with Crippen molar-refractivity contribution in [1.82, 2.24) is 5.32 Å². The smallest absolute Gasteiger partial charge is 0.408 e. The Hall–Kier alpha value is -1.58. The van der Waals surface area contributed by atoms with Gasteiger partial charge in [-0.3, -0.25) is 0 Å². The normalized spacial score (nSPS) is 25.7. The van der Waals surface area contributed by atoms with Gasteiger partial charge in [0.2, 0.25) is 0 Å². The summed E-state index contributed by atoms with van der Waals surface area (Å²) in [7, 11) is 0. The molecule has 3 nitrogen and oxygen atoms in total. The first-order valence-corrected chi connectivity index (χ1v) is 4.33. The third kappa shape index (κ3) is 1.43. The lowest BCUT2D eigenvalue weighted by Gasteiger charge is -2.21. The summed E-state index contributed by atoms with van der Waals surface area (Å²) in [4.78, 5) is 10.9. The van der Waals surface area contributed by atoms with Crippen LogP contribution in [0.25, 0.3) is 0 Å². The van der Waals surface area contributed by atoms with Crippen LogP contribution in [0.1, 0.15) is 12.5 Å². The van der Waals surface area contributed by atoms with Crippen LogP contribution in [-0.4, -0.2) is 12.6 Å². The van der Waals surface area contributed by atoms with Crippen LogP contribution in [0.4, 0.5) is 9.18 Å². The lowest BCUT2D eigenvalue weighted by Crippen LogP contribution is -2.26. The molecular formula is C10H10FNO2. The molecule has 14 heavy (non-hydrogen) atoms. The predicted octanol–water partition coefficient (Wildman–Crippen LogP) is 1.78. The first kappa shape index (κ1) is 8.99. The van der Waals surface area contributed by atoms with E-state index in [2.05, 4.69) is 5.32 Å². The zero-order valence-corrected chi connectivity index (χ0v) is 7.71. The molecule has 1 aliphatic heterocycles. The highest BCUT2D eigenvalue weighted by Crippen LogP contribution is 2.28. The zero-order valence-electron chi connectivity index (χ0n) is 7.71. The molecular weight excluding hydrogens is 185 g/mol. The first-order valence-electron chi connectivity index (χ1n) is 4.33. The molecule has 1 unspecified atom stereocenters. The van der Waals surface area contributed by atoms with Crippen molar-refractivity contribution in [2.24, 2.45) is 0 Å². The fourth-order valence-electron chi connectivity index (χ4n) is 1.48. The van der Waals surface area contributed by atoms with Gasteiger partial charge in [-0.15, -0.1) is 0 Å². The highest BCUT2D eigenvalue weighted by molar-refractivity contribution is 5.70. The van der Waals surface area contributed by atoms with Crippen molar-refractivity contribution in [3.05, 3.63) is 35.6 Å². The maximum absolute atomic E-state index is 12.7. The standard InChI is InChI=1S/C10H10FNO2/c1-10(6-12-9(13)14-10)7-2-4-8(11)5-3-7/h2-5H,6H2,1H3,(H,12,13). The van der Waals surface area contributed by atoms with E-state index in [-0.39, 0.29) is 5.82 Å². The van der Waals surface area contributed by atoms with Crippen LogP contribution in [0.15, 0.2) is 24.3 Å². The molecule has 1 heterocycles. The van der Waals surface area contributed by atoms with Gasteiger partial charge in [0.25, 0.3) is 0 Å². The molecule has 0 aromatic heterocycles. The van der Waals surface area contributed by atoms with Crippen LogP contribution in [-0.2, 0) is 10.3 Å². The summed E-state index contributed by atoms with van der Waals surface area (Å²) in [5.41, 5.74) is 0.113. The van der Waals surface area contributed by atoms with Crippen molar-refractivity contribution in [2.45, 2.75) is 12.5 Å². The van der Waals surface area contributed by atoms with Crippen molar-refractivity contribution in [3.8, 4) is 0 Å². The van der Waals surface area contributed by atoms with Crippen LogP contribution in [0, 0.1) is 5.82 Å². The Morgan fingerprint density at radius 1 is 1.43 bits per heavy atom. The number of cyclic esters (lactones) is 1. The Labute approximate surface area is 80.9 Å². The average Bonchev–Trinajstić information content (AvgIpc) is 2.48. The number of nitrogens with one attached hydrogen (secondary N) is 1. The van der Waals surface area contributed by atoms with Gasteiger partial charge in [-0.1, -0.05) is 12.1 Å². The Kier molecular flexibility index (Phi) is 1.91. The number of carbonyl (C=O) groups excluding carboxylic acids is 1. The van der Waals surface area contributed by atoms with Gasteiger partial charge < -0.3 is 10.1 Å². The number of hydrogen-bond acceptors (Lipinski definition) is 2. The predicted molar refractivity (Wildman–Crippen MR) is 48.2 cm³/mol. The van der Waals surface area contributed by atoms with Gasteiger partial charge in [0.15, 0.2) is 5.60 Å². The highest BCUT2D eigenvalue weighted by atomic mass is 19.1. The first-order chi connectivity index (χ1) is 6.60. The van der Waals surface area contributed by atoms with Gasteiger partial charge in [0.1, 0.15) is 5.82 Å². The summed E-state index contributed by atoms with van der Waals surface area (Å²) in [6, 6.07) is 5.95. The van der Waals surface area contributed by atoms with E-state index in [9.17, 15) is 9.18 Å². The second kappa shape index (κ2) is 2.97. The minimum Gasteiger partial charge on any atom is -0.436 e. The van der Waals surface area contributed by atoms with Gasteiger partial charge in [-0.25, -0.2) is 9.18 Å². The number of alkyl carbamates (subject to hydrolysis) is 1. The zero-order chi connectivity index (χ0) is 10.2. The molecule has 0 spiro atoms. The van der Waals surface area contributed by atoms with Crippen LogP contribution in [0.2, 0.25) is 0 Å².